The molecule has 5 amide bonds. The standard InChI is InChI=1S/C26H21N3O5/c1-17-7-5-9-19(13-17)27-23(30)16-34-21-12-6-8-18(14-21)15-22-24(31)28-26(33)29(25(22)32)20-10-3-2-4-11-20/h2-15H,16H2,1H3,(H,27,30)(H,28,31,33)/b22-15-. The second-order valence-corrected chi connectivity index (χ2v) is 7.57. The van der Waals surface area contributed by atoms with Gasteiger partial charge in [-0.1, -0.05) is 42.5 Å². The third-order valence-corrected chi connectivity index (χ3v) is 4.96. The van der Waals surface area contributed by atoms with E-state index in [9.17, 15) is 19.2 Å². The van der Waals surface area contributed by atoms with E-state index >= 15 is 0 Å². The summed E-state index contributed by atoms with van der Waals surface area (Å²) in [5.74, 6) is -1.46. The molecule has 1 aliphatic rings. The zero-order valence-corrected chi connectivity index (χ0v) is 18.3. The summed E-state index contributed by atoms with van der Waals surface area (Å²) in [6.45, 7) is 1.71. The Kier molecular flexibility index (Phi) is 6.49. The molecule has 0 spiro atoms. The predicted octanol–water partition coefficient (Wildman–Crippen LogP) is 3.68. The van der Waals surface area contributed by atoms with Crippen LogP contribution in [0.2, 0.25) is 0 Å². The summed E-state index contributed by atoms with van der Waals surface area (Å²) in [7, 11) is 0. The van der Waals surface area contributed by atoms with Crippen molar-refractivity contribution in [1.29, 1.82) is 0 Å². The zero-order valence-electron chi connectivity index (χ0n) is 18.3. The van der Waals surface area contributed by atoms with Gasteiger partial charge >= 0.3 is 6.03 Å². The van der Waals surface area contributed by atoms with Gasteiger partial charge in [-0.05, 0) is 60.5 Å². The lowest BCUT2D eigenvalue weighted by Gasteiger charge is -2.26. The van der Waals surface area contributed by atoms with Gasteiger partial charge in [0.15, 0.2) is 6.61 Å². The fourth-order valence-corrected chi connectivity index (χ4v) is 3.40. The Labute approximate surface area is 195 Å². The van der Waals surface area contributed by atoms with Crippen LogP contribution in [-0.2, 0) is 14.4 Å². The highest BCUT2D eigenvalue weighted by atomic mass is 16.5. The van der Waals surface area contributed by atoms with Crippen molar-refractivity contribution in [3.63, 3.8) is 0 Å². The third-order valence-electron chi connectivity index (χ3n) is 4.96. The second kappa shape index (κ2) is 9.83. The van der Waals surface area contributed by atoms with Crippen LogP contribution >= 0.6 is 0 Å². The summed E-state index contributed by atoms with van der Waals surface area (Å²) in [6, 6.07) is 21.5. The fourth-order valence-electron chi connectivity index (χ4n) is 3.40. The molecule has 0 radical (unpaired) electrons. The minimum Gasteiger partial charge on any atom is -0.484 e. The van der Waals surface area contributed by atoms with Gasteiger partial charge in [-0.15, -0.1) is 0 Å². The van der Waals surface area contributed by atoms with Crippen molar-refractivity contribution >= 4 is 41.2 Å². The smallest absolute Gasteiger partial charge is 0.335 e. The number of nitrogens with zero attached hydrogens (tertiary/aromatic N) is 1. The number of hydrogen-bond donors (Lipinski definition) is 2. The molecule has 1 fully saturated rings. The van der Waals surface area contributed by atoms with Crippen LogP contribution in [0.25, 0.3) is 6.08 Å². The summed E-state index contributed by atoms with van der Waals surface area (Å²) >= 11 is 0. The second-order valence-electron chi connectivity index (χ2n) is 7.57. The van der Waals surface area contributed by atoms with Crippen LogP contribution in [0.15, 0.2) is 84.4 Å². The van der Waals surface area contributed by atoms with Gasteiger partial charge in [-0.2, -0.15) is 0 Å². The van der Waals surface area contributed by atoms with E-state index in [4.69, 9.17) is 4.74 Å². The van der Waals surface area contributed by atoms with Crippen LogP contribution in [0.1, 0.15) is 11.1 Å². The molecule has 1 saturated heterocycles. The maximum atomic E-state index is 12.9. The Morgan fingerprint density at radius 3 is 2.50 bits per heavy atom. The number of urea groups is 1. The lowest BCUT2D eigenvalue weighted by Crippen LogP contribution is -2.54. The number of anilines is 2. The van der Waals surface area contributed by atoms with Gasteiger partial charge in [0.25, 0.3) is 17.7 Å². The third kappa shape index (κ3) is 5.18. The summed E-state index contributed by atoms with van der Waals surface area (Å²) in [5, 5.41) is 4.94. The van der Waals surface area contributed by atoms with Gasteiger partial charge in [0.2, 0.25) is 0 Å². The van der Waals surface area contributed by atoms with Gasteiger partial charge in [0.1, 0.15) is 11.3 Å². The van der Waals surface area contributed by atoms with Gasteiger partial charge in [0.05, 0.1) is 5.69 Å². The Morgan fingerprint density at radius 2 is 1.74 bits per heavy atom. The summed E-state index contributed by atoms with van der Waals surface area (Å²) in [4.78, 5) is 50.7. The highest BCUT2D eigenvalue weighted by molar-refractivity contribution is 6.39. The van der Waals surface area contributed by atoms with Crippen LogP contribution < -0.4 is 20.3 Å². The normalized spacial score (nSPS) is 14.7. The number of para-hydroxylation sites is 1. The molecule has 0 atom stereocenters. The molecule has 3 aromatic rings. The van der Waals surface area contributed by atoms with E-state index < -0.39 is 17.8 Å². The van der Waals surface area contributed by atoms with Gasteiger partial charge in [-0.25, -0.2) is 9.69 Å². The van der Waals surface area contributed by atoms with E-state index in [2.05, 4.69) is 10.6 Å². The molecular formula is C26H21N3O5. The van der Waals surface area contributed by atoms with Crippen molar-refractivity contribution in [3.05, 3.63) is 95.6 Å². The quantitative estimate of drug-likeness (QED) is 0.436. The highest BCUT2D eigenvalue weighted by Gasteiger charge is 2.36. The van der Waals surface area contributed by atoms with Gasteiger partial charge in [-0.3, -0.25) is 19.7 Å². The lowest BCUT2D eigenvalue weighted by atomic mass is 10.1. The number of hydrogen-bond acceptors (Lipinski definition) is 5. The Bertz CT molecular complexity index is 1300. The average Bonchev–Trinajstić information content (AvgIpc) is 2.81. The Morgan fingerprint density at radius 1 is 0.971 bits per heavy atom. The molecule has 2 N–H and O–H groups in total. The van der Waals surface area contributed by atoms with Gasteiger partial charge in [0, 0.05) is 5.69 Å². The summed E-state index contributed by atoms with van der Waals surface area (Å²) in [6.07, 6.45) is 1.37. The number of aryl methyl sites for hydroxylation is 1. The molecule has 8 heteroatoms. The first-order valence-corrected chi connectivity index (χ1v) is 10.5. The zero-order chi connectivity index (χ0) is 24.1. The van der Waals surface area contributed by atoms with E-state index in [1.165, 1.54) is 6.08 Å². The van der Waals surface area contributed by atoms with Crippen LogP contribution in [0.5, 0.6) is 5.75 Å². The van der Waals surface area contributed by atoms with Crippen molar-refractivity contribution in [2.75, 3.05) is 16.8 Å². The van der Waals surface area contributed by atoms with E-state index in [0.29, 0.717) is 22.7 Å². The highest BCUT2D eigenvalue weighted by Crippen LogP contribution is 2.23. The van der Waals surface area contributed by atoms with Crippen molar-refractivity contribution in [3.8, 4) is 5.75 Å². The van der Waals surface area contributed by atoms with E-state index in [0.717, 1.165) is 10.5 Å². The first-order valence-electron chi connectivity index (χ1n) is 10.5. The number of nitrogens with one attached hydrogen (secondary N) is 2. The lowest BCUT2D eigenvalue weighted by molar-refractivity contribution is -0.122. The molecule has 3 aromatic carbocycles. The van der Waals surface area contributed by atoms with Crippen LogP contribution in [0.4, 0.5) is 16.2 Å². The molecule has 0 bridgehead atoms. The number of imide groups is 2. The molecule has 8 nitrogen and oxygen atoms in total. The minimum atomic E-state index is -0.810. The van der Waals surface area contributed by atoms with Crippen molar-refractivity contribution in [2.24, 2.45) is 0 Å². The fraction of sp³-hybridized carbons (Fsp3) is 0.0769. The van der Waals surface area contributed by atoms with E-state index in [1.54, 1.807) is 60.7 Å². The number of barbiturate groups is 1. The number of rotatable bonds is 6. The SMILES string of the molecule is Cc1cccc(NC(=O)COc2cccc(/C=C3/C(=O)NC(=O)N(c4ccccc4)C3=O)c2)c1. The number of benzene rings is 3. The topological polar surface area (TPSA) is 105 Å². The molecule has 0 saturated carbocycles. The van der Waals surface area contributed by atoms with Crippen LogP contribution in [0, 0.1) is 6.92 Å². The largest absolute Gasteiger partial charge is 0.484 e. The van der Waals surface area contributed by atoms with E-state index in [-0.39, 0.29) is 18.1 Å². The molecule has 1 aliphatic heterocycles. The first kappa shape index (κ1) is 22.5. The number of carbonyl (C=O) groups is 4. The average molecular weight is 455 g/mol. The number of ether oxygens (including phenoxy) is 1. The molecular weight excluding hydrogens is 434 g/mol. The summed E-state index contributed by atoms with van der Waals surface area (Å²) < 4.78 is 5.57. The van der Waals surface area contributed by atoms with E-state index in [1.807, 2.05) is 25.1 Å². The van der Waals surface area contributed by atoms with Crippen molar-refractivity contribution in [2.45, 2.75) is 6.92 Å². The first-order chi connectivity index (χ1) is 16.4. The van der Waals surface area contributed by atoms with Crippen molar-refractivity contribution in [1.82, 2.24) is 5.32 Å². The molecule has 4 rings (SSSR count). The maximum Gasteiger partial charge on any atom is 0.335 e. The molecule has 0 aliphatic carbocycles. The van der Waals surface area contributed by atoms with Crippen LogP contribution in [-0.4, -0.2) is 30.4 Å². The predicted molar refractivity (Wildman–Crippen MR) is 127 cm³/mol. The Hall–Kier alpha value is -4.72. The van der Waals surface area contributed by atoms with Gasteiger partial charge < -0.3 is 10.1 Å². The molecule has 0 aromatic heterocycles. The molecule has 0 unspecified atom stereocenters. The summed E-state index contributed by atoms with van der Waals surface area (Å²) in [5.41, 5.74) is 2.34. The minimum absolute atomic E-state index is 0.196. The number of amides is 5. The molecule has 170 valence electrons. The number of carbonyl (C=O) groups excluding carboxylic acids is 4. The molecule has 1 heterocycles. The van der Waals surface area contributed by atoms with Crippen molar-refractivity contribution < 1.29 is 23.9 Å². The monoisotopic (exact) mass is 455 g/mol. The Balaban J connectivity index is 1.47. The van der Waals surface area contributed by atoms with Crippen LogP contribution in [0.3, 0.4) is 0 Å². The molecule has 34 heavy (non-hydrogen) atoms. The maximum absolute atomic E-state index is 12.9.